The third-order valence-electron chi connectivity index (χ3n) is 2.33. The predicted octanol–water partition coefficient (Wildman–Crippen LogP) is 1.89. The van der Waals surface area contributed by atoms with Crippen molar-refractivity contribution in [1.82, 2.24) is 0 Å². The minimum atomic E-state index is -0.946. The van der Waals surface area contributed by atoms with Crippen molar-refractivity contribution in [2.24, 2.45) is 5.73 Å². The quantitative estimate of drug-likeness (QED) is 0.887. The van der Waals surface area contributed by atoms with Crippen LogP contribution in [-0.4, -0.2) is 24.7 Å². The maximum absolute atomic E-state index is 11.1. The first-order chi connectivity index (χ1) is 7.51. The highest BCUT2D eigenvalue weighted by atomic mass is 79.9. The molecule has 16 heavy (non-hydrogen) atoms. The van der Waals surface area contributed by atoms with Gasteiger partial charge in [-0.3, -0.25) is 4.79 Å². The van der Waals surface area contributed by atoms with Gasteiger partial charge in [0.1, 0.15) is 5.75 Å². The van der Waals surface area contributed by atoms with E-state index in [2.05, 4.69) is 15.9 Å². The van der Waals surface area contributed by atoms with E-state index in [0.29, 0.717) is 11.3 Å². The van der Waals surface area contributed by atoms with Crippen molar-refractivity contribution < 1.29 is 14.6 Å². The van der Waals surface area contributed by atoms with Crippen LogP contribution in [0.4, 0.5) is 0 Å². The fourth-order valence-corrected chi connectivity index (χ4v) is 2.34. The van der Waals surface area contributed by atoms with Crippen LogP contribution < -0.4 is 10.5 Å². The van der Waals surface area contributed by atoms with E-state index >= 15 is 0 Å². The van der Waals surface area contributed by atoms with Crippen LogP contribution in [0, 0.1) is 6.92 Å². The molecule has 0 amide bonds. The normalized spacial score (nSPS) is 12.2. The van der Waals surface area contributed by atoms with E-state index in [1.807, 2.05) is 13.0 Å². The van der Waals surface area contributed by atoms with E-state index in [9.17, 15) is 4.79 Å². The number of hydrogen-bond donors (Lipinski definition) is 2. The number of carbonyl (C=O) groups is 1. The SMILES string of the molecule is COc1c(Br)cc(C)cc1C(CN)C(=O)O. The number of rotatable bonds is 4. The van der Waals surface area contributed by atoms with Gasteiger partial charge < -0.3 is 15.6 Å². The Kier molecular flexibility index (Phi) is 4.32. The number of benzene rings is 1. The van der Waals surface area contributed by atoms with Gasteiger partial charge in [0.15, 0.2) is 0 Å². The van der Waals surface area contributed by atoms with E-state index in [0.717, 1.165) is 10.0 Å². The van der Waals surface area contributed by atoms with Crippen molar-refractivity contribution in [2.75, 3.05) is 13.7 Å². The third kappa shape index (κ3) is 2.54. The van der Waals surface area contributed by atoms with Crippen molar-refractivity contribution in [2.45, 2.75) is 12.8 Å². The number of methoxy groups -OCH3 is 1. The molecule has 0 saturated carbocycles. The fourth-order valence-electron chi connectivity index (χ4n) is 1.59. The Bertz CT molecular complexity index is 406. The molecular formula is C11H14BrNO3. The highest BCUT2D eigenvalue weighted by Gasteiger charge is 2.23. The Morgan fingerprint density at radius 2 is 2.25 bits per heavy atom. The van der Waals surface area contributed by atoms with E-state index in [1.54, 1.807) is 6.07 Å². The lowest BCUT2D eigenvalue weighted by Gasteiger charge is -2.16. The Labute approximate surface area is 103 Å². The molecule has 1 aromatic rings. The first kappa shape index (κ1) is 13.0. The van der Waals surface area contributed by atoms with Crippen molar-refractivity contribution in [3.05, 3.63) is 27.7 Å². The van der Waals surface area contributed by atoms with Gasteiger partial charge in [-0.2, -0.15) is 0 Å². The highest BCUT2D eigenvalue weighted by Crippen LogP contribution is 2.34. The molecule has 1 atom stereocenters. The molecule has 0 saturated heterocycles. The van der Waals surface area contributed by atoms with E-state index in [4.69, 9.17) is 15.6 Å². The van der Waals surface area contributed by atoms with E-state index < -0.39 is 11.9 Å². The van der Waals surface area contributed by atoms with Gasteiger partial charge in [0.25, 0.3) is 0 Å². The molecule has 0 bridgehead atoms. The lowest BCUT2D eigenvalue weighted by atomic mass is 9.96. The Morgan fingerprint density at radius 1 is 1.62 bits per heavy atom. The summed E-state index contributed by atoms with van der Waals surface area (Å²) in [5.74, 6) is -1.16. The zero-order valence-electron chi connectivity index (χ0n) is 9.16. The third-order valence-corrected chi connectivity index (χ3v) is 2.92. The topological polar surface area (TPSA) is 72.5 Å². The molecule has 88 valence electrons. The first-order valence-corrected chi connectivity index (χ1v) is 5.57. The summed E-state index contributed by atoms with van der Waals surface area (Å²) >= 11 is 3.35. The maximum Gasteiger partial charge on any atom is 0.312 e. The summed E-state index contributed by atoms with van der Waals surface area (Å²) < 4.78 is 5.94. The molecule has 0 radical (unpaired) electrons. The number of carboxylic acid groups (broad SMARTS) is 1. The molecule has 0 aliphatic carbocycles. The molecule has 1 rings (SSSR count). The fraction of sp³-hybridized carbons (Fsp3) is 0.364. The van der Waals surface area contributed by atoms with Crippen LogP contribution in [0.2, 0.25) is 0 Å². The van der Waals surface area contributed by atoms with Gasteiger partial charge in [0, 0.05) is 12.1 Å². The zero-order valence-corrected chi connectivity index (χ0v) is 10.7. The van der Waals surface area contributed by atoms with Crippen LogP contribution in [0.5, 0.6) is 5.75 Å². The summed E-state index contributed by atoms with van der Waals surface area (Å²) in [4.78, 5) is 11.1. The van der Waals surface area contributed by atoms with Crippen LogP contribution in [0.3, 0.4) is 0 Å². The van der Waals surface area contributed by atoms with E-state index in [1.165, 1.54) is 7.11 Å². The molecule has 1 unspecified atom stereocenters. The summed E-state index contributed by atoms with van der Waals surface area (Å²) in [5.41, 5.74) is 7.04. The largest absolute Gasteiger partial charge is 0.495 e. The molecule has 1 aromatic carbocycles. The molecule has 0 aliphatic rings. The molecular weight excluding hydrogens is 274 g/mol. The van der Waals surface area contributed by atoms with Gasteiger partial charge in [0.05, 0.1) is 17.5 Å². The number of hydrogen-bond acceptors (Lipinski definition) is 3. The molecule has 0 fully saturated rings. The molecule has 0 aromatic heterocycles. The first-order valence-electron chi connectivity index (χ1n) is 4.78. The number of carboxylic acids is 1. The molecule has 4 nitrogen and oxygen atoms in total. The van der Waals surface area contributed by atoms with Gasteiger partial charge in [0.2, 0.25) is 0 Å². The van der Waals surface area contributed by atoms with Gasteiger partial charge in [-0.05, 0) is 34.5 Å². The second-order valence-corrected chi connectivity index (χ2v) is 4.35. The van der Waals surface area contributed by atoms with Gasteiger partial charge in [-0.15, -0.1) is 0 Å². The molecule has 0 spiro atoms. The number of halogens is 1. The maximum atomic E-state index is 11.1. The van der Waals surface area contributed by atoms with Crippen LogP contribution >= 0.6 is 15.9 Å². The number of aliphatic carboxylic acids is 1. The molecule has 0 heterocycles. The lowest BCUT2D eigenvalue weighted by molar-refractivity contribution is -0.138. The second kappa shape index (κ2) is 5.32. The molecule has 3 N–H and O–H groups in total. The summed E-state index contributed by atoms with van der Waals surface area (Å²) in [6.07, 6.45) is 0. The molecule has 5 heteroatoms. The van der Waals surface area contributed by atoms with Crippen molar-refractivity contribution in [1.29, 1.82) is 0 Å². The van der Waals surface area contributed by atoms with Crippen molar-refractivity contribution in [3.63, 3.8) is 0 Å². The standard InChI is InChI=1S/C11H14BrNO3/c1-6-3-7(8(5-13)11(14)15)10(16-2)9(12)4-6/h3-4,8H,5,13H2,1-2H3,(H,14,15). The summed E-state index contributed by atoms with van der Waals surface area (Å²) in [6, 6.07) is 3.66. The van der Waals surface area contributed by atoms with Crippen LogP contribution in [0.25, 0.3) is 0 Å². The average molecular weight is 288 g/mol. The van der Waals surface area contributed by atoms with E-state index in [-0.39, 0.29) is 6.54 Å². The minimum Gasteiger partial charge on any atom is -0.495 e. The Balaban J connectivity index is 3.34. The Morgan fingerprint density at radius 3 is 2.69 bits per heavy atom. The molecule has 0 aliphatic heterocycles. The van der Waals surface area contributed by atoms with Crippen LogP contribution in [-0.2, 0) is 4.79 Å². The predicted molar refractivity (Wildman–Crippen MR) is 64.9 cm³/mol. The summed E-state index contributed by atoms with van der Waals surface area (Å²) in [5, 5.41) is 9.08. The van der Waals surface area contributed by atoms with Crippen LogP contribution in [0.1, 0.15) is 17.0 Å². The number of aryl methyl sites for hydroxylation is 1. The van der Waals surface area contributed by atoms with Gasteiger partial charge in [-0.25, -0.2) is 0 Å². The minimum absolute atomic E-state index is 0.0432. The van der Waals surface area contributed by atoms with Crippen molar-refractivity contribution in [3.8, 4) is 5.75 Å². The summed E-state index contributed by atoms with van der Waals surface area (Å²) in [7, 11) is 1.51. The van der Waals surface area contributed by atoms with Crippen LogP contribution in [0.15, 0.2) is 16.6 Å². The number of nitrogens with two attached hydrogens (primary N) is 1. The van der Waals surface area contributed by atoms with Crippen molar-refractivity contribution >= 4 is 21.9 Å². The zero-order chi connectivity index (χ0) is 12.3. The summed E-state index contributed by atoms with van der Waals surface area (Å²) in [6.45, 7) is 1.94. The average Bonchev–Trinajstić information content (AvgIpc) is 2.17. The number of ether oxygens (including phenoxy) is 1. The highest BCUT2D eigenvalue weighted by molar-refractivity contribution is 9.10. The van der Waals surface area contributed by atoms with Gasteiger partial charge in [-0.1, -0.05) is 6.07 Å². The second-order valence-electron chi connectivity index (χ2n) is 3.50. The monoisotopic (exact) mass is 287 g/mol. The Hall–Kier alpha value is -1.07. The smallest absolute Gasteiger partial charge is 0.312 e. The van der Waals surface area contributed by atoms with Gasteiger partial charge >= 0.3 is 5.97 Å². The lowest BCUT2D eigenvalue weighted by Crippen LogP contribution is -2.22.